The highest BCUT2D eigenvalue weighted by Crippen LogP contribution is 2.36. The lowest BCUT2D eigenvalue weighted by atomic mass is 10.0. The van der Waals surface area contributed by atoms with Crippen LogP contribution in [-0.2, 0) is 16.0 Å². The topological polar surface area (TPSA) is 40.5 Å². The van der Waals surface area contributed by atoms with Crippen LogP contribution >= 0.6 is 0 Å². The van der Waals surface area contributed by atoms with E-state index in [2.05, 4.69) is 54.1 Å². The fourth-order valence-electron chi connectivity index (χ4n) is 3.68. The lowest BCUT2D eigenvalue weighted by Gasteiger charge is -2.40. The Labute approximate surface area is 160 Å². The van der Waals surface area contributed by atoms with E-state index < -0.39 is 0 Å². The van der Waals surface area contributed by atoms with Gasteiger partial charge in [-0.05, 0) is 31.4 Å². The van der Waals surface area contributed by atoms with Crippen LogP contribution in [0.5, 0.6) is 0 Å². The van der Waals surface area contributed by atoms with Crippen molar-refractivity contribution >= 4 is 6.21 Å². The molecule has 0 radical (unpaired) electrons. The summed E-state index contributed by atoms with van der Waals surface area (Å²) in [6, 6.07) is 10.4. The summed E-state index contributed by atoms with van der Waals surface area (Å²) in [6.45, 7) is 6.45. The van der Waals surface area contributed by atoms with Crippen molar-refractivity contribution in [1.82, 2.24) is 14.9 Å². The van der Waals surface area contributed by atoms with E-state index in [0.29, 0.717) is 13.3 Å². The molecule has 1 unspecified atom stereocenters. The second kappa shape index (κ2) is 7.58. The fraction of sp³-hybridized carbons (Fsp3) is 0.381. The third-order valence-corrected chi connectivity index (χ3v) is 5.08. The molecule has 4 rings (SSSR count). The maximum Gasteiger partial charge on any atom is 0.139 e. The molecule has 3 heterocycles. The van der Waals surface area contributed by atoms with Crippen LogP contribution in [0.1, 0.15) is 19.4 Å². The molecular formula is C21H26N4O2. The van der Waals surface area contributed by atoms with Gasteiger partial charge in [-0.25, -0.2) is 5.06 Å². The Bertz CT molecular complexity index is 813. The zero-order valence-electron chi connectivity index (χ0n) is 16.1. The number of allylic oxidation sites excluding steroid dienone is 1. The van der Waals surface area contributed by atoms with E-state index >= 15 is 0 Å². The van der Waals surface area contributed by atoms with Crippen molar-refractivity contribution in [2.45, 2.75) is 26.4 Å². The van der Waals surface area contributed by atoms with Crippen LogP contribution in [0.4, 0.5) is 0 Å². The van der Waals surface area contributed by atoms with Gasteiger partial charge in [0.1, 0.15) is 24.3 Å². The van der Waals surface area contributed by atoms with Crippen LogP contribution in [0.25, 0.3) is 0 Å². The van der Waals surface area contributed by atoms with Crippen molar-refractivity contribution in [2.24, 2.45) is 4.99 Å². The van der Waals surface area contributed by atoms with Gasteiger partial charge in [-0.1, -0.05) is 30.3 Å². The van der Waals surface area contributed by atoms with Gasteiger partial charge < -0.3 is 14.5 Å². The summed E-state index contributed by atoms with van der Waals surface area (Å²) in [5.41, 5.74) is 4.47. The molecule has 27 heavy (non-hydrogen) atoms. The standard InChI is InChI=1S/C21H26N4O2/c1-4-23-13-16(2)20(27-11-10-17-8-6-5-7-9-17)19-21(23)25-15-24(26-3)14-18(25)12-22-19/h5-9,12-14,20H,4,10-11,15H2,1-3H3. The van der Waals surface area contributed by atoms with Gasteiger partial charge in [-0.2, -0.15) is 0 Å². The van der Waals surface area contributed by atoms with E-state index in [0.717, 1.165) is 30.2 Å². The Balaban J connectivity index is 1.55. The molecule has 0 saturated carbocycles. The Morgan fingerprint density at radius 3 is 2.74 bits per heavy atom. The molecule has 0 saturated heterocycles. The lowest BCUT2D eigenvalue weighted by Crippen LogP contribution is -2.41. The maximum absolute atomic E-state index is 6.31. The number of fused-ring (bicyclic) bond motifs is 2. The van der Waals surface area contributed by atoms with E-state index in [1.807, 2.05) is 23.5 Å². The smallest absolute Gasteiger partial charge is 0.139 e. The summed E-state index contributed by atoms with van der Waals surface area (Å²) in [5.74, 6) is 1.08. The number of hydrogen-bond acceptors (Lipinski definition) is 6. The minimum atomic E-state index is -0.124. The molecular weight excluding hydrogens is 340 g/mol. The molecule has 0 bridgehead atoms. The van der Waals surface area contributed by atoms with Crippen molar-refractivity contribution in [3.05, 3.63) is 71.1 Å². The molecule has 0 aliphatic carbocycles. The first-order valence-electron chi connectivity index (χ1n) is 9.40. The summed E-state index contributed by atoms with van der Waals surface area (Å²) in [5, 5.41) is 1.81. The van der Waals surface area contributed by atoms with E-state index in [1.165, 1.54) is 11.1 Å². The summed E-state index contributed by atoms with van der Waals surface area (Å²) >= 11 is 0. The summed E-state index contributed by atoms with van der Waals surface area (Å²) in [4.78, 5) is 14.6. The minimum Gasteiger partial charge on any atom is -0.367 e. The van der Waals surface area contributed by atoms with E-state index in [4.69, 9.17) is 14.6 Å². The van der Waals surface area contributed by atoms with Crippen molar-refractivity contribution in [2.75, 3.05) is 26.9 Å². The summed E-state index contributed by atoms with van der Waals surface area (Å²) in [7, 11) is 1.68. The first kappa shape index (κ1) is 17.8. The van der Waals surface area contributed by atoms with Crippen molar-refractivity contribution in [1.29, 1.82) is 0 Å². The number of nitrogens with zero attached hydrogens (tertiary/aromatic N) is 4. The maximum atomic E-state index is 6.31. The van der Waals surface area contributed by atoms with Gasteiger partial charge in [0.2, 0.25) is 0 Å². The van der Waals surface area contributed by atoms with Crippen molar-refractivity contribution in [3.63, 3.8) is 0 Å². The fourth-order valence-corrected chi connectivity index (χ4v) is 3.68. The Hall–Kier alpha value is -2.57. The molecule has 1 atom stereocenters. The molecule has 0 amide bonds. The number of benzene rings is 1. The molecule has 142 valence electrons. The zero-order valence-corrected chi connectivity index (χ0v) is 16.1. The van der Waals surface area contributed by atoms with Gasteiger partial charge in [0.15, 0.2) is 0 Å². The molecule has 3 aliphatic heterocycles. The van der Waals surface area contributed by atoms with Crippen LogP contribution < -0.4 is 0 Å². The highest BCUT2D eigenvalue weighted by atomic mass is 16.7. The van der Waals surface area contributed by atoms with Crippen LogP contribution in [0.2, 0.25) is 0 Å². The zero-order chi connectivity index (χ0) is 18.8. The monoisotopic (exact) mass is 366 g/mol. The van der Waals surface area contributed by atoms with Crippen LogP contribution in [0.3, 0.4) is 0 Å². The third-order valence-electron chi connectivity index (χ3n) is 5.08. The summed E-state index contributed by atoms with van der Waals surface area (Å²) in [6.07, 6.45) is 6.82. The number of ether oxygens (including phenoxy) is 1. The predicted octanol–water partition coefficient (Wildman–Crippen LogP) is 3.09. The van der Waals surface area contributed by atoms with E-state index in [1.54, 1.807) is 7.11 Å². The molecule has 0 spiro atoms. The van der Waals surface area contributed by atoms with Gasteiger partial charge in [0, 0.05) is 12.7 Å². The number of hydroxylamine groups is 2. The van der Waals surface area contributed by atoms with Crippen molar-refractivity contribution < 1.29 is 9.57 Å². The third kappa shape index (κ3) is 3.38. The second-order valence-corrected chi connectivity index (χ2v) is 6.84. The largest absolute Gasteiger partial charge is 0.367 e. The van der Waals surface area contributed by atoms with Crippen molar-refractivity contribution in [3.8, 4) is 0 Å². The highest BCUT2D eigenvalue weighted by Gasteiger charge is 2.37. The molecule has 0 N–H and O–H groups in total. The van der Waals surface area contributed by atoms with E-state index in [-0.39, 0.29) is 6.10 Å². The Morgan fingerprint density at radius 2 is 2.00 bits per heavy atom. The predicted molar refractivity (Wildman–Crippen MR) is 105 cm³/mol. The van der Waals surface area contributed by atoms with Crippen LogP contribution in [0.15, 0.2) is 70.5 Å². The Morgan fingerprint density at radius 1 is 1.19 bits per heavy atom. The van der Waals surface area contributed by atoms with Gasteiger partial charge in [-0.3, -0.25) is 9.83 Å². The molecule has 1 aromatic carbocycles. The second-order valence-electron chi connectivity index (χ2n) is 6.84. The number of rotatable bonds is 6. The van der Waals surface area contributed by atoms with Crippen LogP contribution in [-0.4, -0.2) is 54.1 Å². The highest BCUT2D eigenvalue weighted by molar-refractivity contribution is 5.81. The van der Waals surface area contributed by atoms with Gasteiger partial charge in [-0.15, -0.1) is 0 Å². The first-order chi connectivity index (χ1) is 13.2. The average molecular weight is 366 g/mol. The molecule has 0 fully saturated rings. The summed E-state index contributed by atoms with van der Waals surface area (Å²) < 4.78 is 6.31. The SMILES string of the molecule is CCN1C=C(C)C(OCCc2ccccc2)C2=C1N1CN(OC)C=C1C=N2. The Kier molecular flexibility index (Phi) is 5.01. The first-order valence-corrected chi connectivity index (χ1v) is 9.40. The lowest BCUT2D eigenvalue weighted by molar-refractivity contribution is -0.0969. The van der Waals surface area contributed by atoms with Crippen LogP contribution in [0, 0.1) is 0 Å². The minimum absolute atomic E-state index is 0.124. The van der Waals surface area contributed by atoms with E-state index in [9.17, 15) is 0 Å². The molecule has 1 aromatic rings. The number of hydrogen-bond donors (Lipinski definition) is 0. The van der Waals surface area contributed by atoms with Gasteiger partial charge in [0.05, 0.1) is 31.8 Å². The quantitative estimate of drug-likeness (QED) is 0.774. The normalized spacial score (nSPS) is 21.3. The number of aliphatic imine (C=N–C) groups is 1. The van der Waals surface area contributed by atoms with Gasteiger partial charge >= 0.3 is 0 Å². The molecule has 6 nitrogen and oxygen atoms in total. The molecule has 6 heteroatoms. The van der Waals surface area contributed by atoms with Gasteiger partial charge in [0.25, 0.3) is 0 Å². The molecule has 0 aromatic heterocycles. The average Bonchev–Trinajstić information content (AvgIpc) is 3.13. The molecule has 3 aliphatic rings.